The standard InChI is InChI=1S/C13H21BrN2OS/c1-2-16(10-11-7-8-12(14)18-11)13(17)6-4-3-5-9-15/h7-8H,2-6,9-10,15H2,1H3. The van der Waals surface area contributed by atoms with Crippen LogP contribution in [-0.4, -0.2) is 23.9 Å². The lowest BCUT2D eigenvalue weighted by atomic mass is 10.2. The Morgan fingerprint density at radius 1 is 1.39 bits per heavy atom. The second kappa shape index (κ2) is 8.67. The molecule has 18 heavy (non-hydrogen) atoms. The van der Waals surface area contributed by atoms with E-state index in [9.17, 15) is 4.79 Å². The van der Waals surface area contributed by atoms with E-state index < -0.39 is 0 Å². The van der Waals surface area contributed by atoms with Crippen molar-refractivity contribution in [1.29, 1.82) is 0 Å². The van der Waals surface area contributed by atoms with Crippen molar-refractivity contribution in [2.45, 2.75) is 39.2 Å². The van der Waals surface area contributed by atoms with Crippen LogP contribution < -0.4 is 5.73 Å². The SMILES string of the molecule is CCN(Cc1ccc(Br)s1)C(=O)CCCCCN. The van der Waals surface area contributed by atoms with Crippen LogP contribution in [-0.2, 0) is 11.3 Å². The van der Waals surface area contributed by atoms with Crippen molar-refractivity contribution >= 4 is 33.2 Å². The van der Waals surface area contributed by atoms with Crippen molar-refractivity contribution < 1.29 is 4.79 Å². The van der Waals surface area contributed by atoms with Gasteiger partial charge in [-0.15, -0.1) is 11.3 Å². The number of halogens is 1. The van der Waals surface area contributed by atoms with Crippen molar-refractivity contribution in [2.24, 2.45) is 5.73 Å². The van der Waals surface area contributed by atoms with Crippen LogP contribution in [0.2, 0.25) is 0 Å². The van der Waals surface area contributed by atoms with Gasteiger partial charge < -0.3 is 10.6 Å². The summed E-state index contributed by atoms with van der Waals surface area (Å²) in [5.74, 6) is 0.249. The van der Waals surface area contributed by atoms with Gasteiger partial charge in [-0.3, -0.25) is 4.79 Å². The van der Waals surface area contributed by atoms with Crippen LogP contribution >= 0.6 is 27.3 Å². The zero-order valence-corrected chi connectivity index (χ0v) is 13.2. The molecule has 2 N–H and O–H groups in total. The number of carbonyl (C=O) groups excluding carboxylic acids is 1. The van der Waals surface area contributed by atoms with E-state index in [1.165, 1.54) is 4.88 Å². The molecular weight excluding hydrogens is 312 g/mol. The number of hydrogen-bond donors (Lipinski definition) is 1. The van der Waals surface area contributed by atoms with E-state index in [0.29, 0.717) is 6.42 Å². The number of unbranched alkanes of at least 4 members (excludes halogenated alkanes) is 2. The number of nitrogens with two attached hydrogens (primary N) is 1. The van der Waals surface area contributed by atoms with E-state index in [0.717, 1.165) is 42.7 Å². The molecule has 102 valence electrons. The molecule has 0 saturated heterocycles. The highest BCUT2D eigenvalue weighted by atomic mass is 79.9. The Balaban J connectivity index is 2.37. The number of rotatable bonds is 8. The van der Waals surface area contributed by atoms with Crippen molar-refractivity contribution in [3.8, 4) is 0 Å². The van der Waals surface area contributed by atoms with E-state index in [4.69, 9.17) is 5.73 Å². The van der Waals surface area contributed by atoms with Gasteiger partial charge in [-0.25, -0.2) is 0 Å². The predicted octanol–water partition coefficient (Wildman–Crippen LogP) is 3.38. The number of nitrogens with zero attached hydrogens (tertiary/aromatic N) is 1. The van der Waals surface area contributed by atoms with Gasteiger partial charge in [0.05, 0.1) is 10.3 Å². The van der Waals surface area contributed by atoms with Gasteiger partial charge in [0, 0.05) is 17.8 Å². The topological polar surface area (TPSA) is 46.3 Å². The molecule has 0 unspecified atom stereocenters. The minimum Gasteiger partial charge on any atom is -0.338 e. The molecule has 0 aliphatic rings. The molecule has 0 spiro atoms. The Morgan fingerprint density at radius 2 is 2.17 bits per heavy atom. The summed E-state index contributed by atoms with van der Waals surface area (Å²) in [5, 5.41) is 0. The molecule has 0 saturated carbocycles. The minimum atomic E-state index is 0.249. The summed E-state index contributed by atoms with van der Waals surface area (Å²) in [6, 6.07) is 4.10. The van der Waals surface area contributed by atoms with Gasteiger partial charge >= 0.3 is 0 Å². The van der Waals surface area contributed by atoms with Crippen molar-refractivity contribution in [3.05, 3.63) is 20.8 Å². The summed E-state index contributed by atoms with van der Waals surface area (Å²) in [5.41, 5.74) is 5.44. The molecule has 0 fully saturated rings. The highest BCUT2D eigenvalue weighted by Crippen LogP contribution is 2.23. The van der Waals surface area contributed by atoms with Gasteiger partial charge in [0.1, 0.15) is 0 Å². The predicted molar refractivity (Wildman–Crippen MR) is 80.6 cm³/mol. The van der Waals surface area contributed by atoms with Crippen LogP contribution in [0, 0.1) is 0 Å². The van der Waals surface area contributed by atoms with Crippen LogP contribution in [0.3, 0.4) is 0 Å². The molecule has 0 bridgehead atoms. The van der Waals surface area contributed by atoms with E-state index in [1.54, 1.807) is 11.3 Å². The summed E-state index contributed by atoms with van der Waals surface area (Å²) in [6.07, 6.45) is 3.64. The largest absolute Gasteiger partial charge is 0.338 e. The molecule has 0 aliphatic carbocycles. The fourth-order valence-corrected chi connectivity index (χ4v) is 3.26. The Hall–Kier alpha value is -0.390. The van der Waals surface area contributed by atoms with Crippen LogP contribution in [0.4, 0.5) is 0 Å². The van der Waals surface area contributed by atoms with Crippen LogP contribution in [0.1, 0.15) is 37.5 Å². The van der Waals surface area contributed by atoms with Gasteiger partial charge in [-0.05, 0) is 54.4 Å². The molecular formula is C13H21BrN2OS. The monoisotopic (exact) mass is 332 g/mol. The fraction of sp³-hybridized carbons (Fsp3) is 0.615. The van der Waals surface area contributed by atoms with E-state index in [-0.39, 0.29) is 5.91 Å². The molecule has 1 aromatic heterocycles. The Kier molecular flexibility index (Phi) is 7.54. The third kappa shape index (κ3) is 5.50. The molecule has 1 rings (SSSR count). The summed E-state index contributed by atoms with van der Waals surface area (Å²) in [6.45, 7) is 4.24. The van der Waals surface area contributed by atoms with Gasteiger partial charge in [0.2, 0.25) is 5.91 Å². The number of thiophene rings is 1. The normalized spacial score (nSPS) is 10.6. The molecule has 0 atom stereocenters. The molecule has 1 amide bonds. The quantitative estimate of drug-likeness (QED) is 0.742. The van der Waals surface area contributed by atoms with Gasteiger partial charge in [0.25, 0.3) is 0 Å². The second-order valence-electron chi connectivity index (χ2n) is 4.21. The van der Waals surface area contributed by atoms with Crippen molar-refractivity contribution in [1.82, 2.24) is 4.90 Å². The van der Waals surface area contributed by atoms with E-state index in [1.807, 2.05) is 17.9 Å². The molecule has 1 aromatic rings. The number of amides is 1. The molecule has 5 heteroatoms. The third-order valence-corrected chi connectivity index (χ3v) is 4.41. The zero-order chi connectivity index (χ0) is 13.4. The highest BCUT2D eigenvalue weighted by molar-refractivity contribution is 9.11. The molecule has 0 aromatic carbocycles. The summed E-state index contributed by atoms with van der Waals surface area (Å²) >= 11 is 5.13. The fourth-order valence-electron chi connectivity index (χ4n) is 1.76. The summed E-state index contributed by atoms with van der Waals surface area (Å²) in [7, 11) is 0. The van der Waals surface area contributed by atoms with Crippen molar-refractivity contribution in [2.75, 3.05) is 13.1 Å². The number of carbonyl (C=O) groups is 1. The smallest absolute Gasteiger partial charge is 0.222 e. The maximum Gasteiger partial charge on any atom is 0.222 e. The molecule has 0 radical (unpaired) electrons. The lowest BCUT2D eigenvalue weighted by Gasteiger charge is -2.20. The summed E-state index contributed by atoms with van der Waals surface area (Å²) in [4.78, 5) is 15.2. The average molecular weight is 333 g/mol. The lowest BCUT2D eigenvalue weighted by Crippen LogP contribution is -2.29. The highest BCUT2D eigenvalue weighted by Gasteiger charge is 2.12. The van der Waals surface area contributed by atoms with Crippen LogP contribution in [0.5, 0.6) is 0 Å². The molecule has 3 nitrogen and oxygen atoms in total. The second-order valence-corrected chi connectivity index (χ2v) is 6.76. The summed E-state index contributed by atoms with van der Waals surface area (Å²) < 4.78 is 1.11. The first-order valence-electron chi connectivity index (χ1n) is 6.39. The van der Waals surface area contributed by atoms with Crippen LogP contribution in [0.15, 0.2) is 15.9 Å². The minimum absolute atomic E-state index is 0.249. The Bertz CT molecular complexity index is 368. The van der Waals surface area contributed by atoms with E-state index in [2.05, 4.69) is 22.0 Å². The number of hydrogen-bond acceptors (Lipinski definition) is 3. The average Bonchev–Trinajstić information content (AvgIpc) is 2.77. The first kappa shape index (κ1) is 15.7. The molecule has 1 heterocycles. The van der Waals surface area contributed by atoms with Gasteiger partial charge in [-0.1, -0.05) is 6.42 Å². The molecule has 0 aliphatic heterocycles. The van der Waals surface area contributed by atoms with Crippen molar-refractivity contribution in [3.63, 3.8) is 0 Å². The third-order valence-electron chi connectivity index (χ3n) is 2.80. The van der Waals surface area contributed by atoms with E-state index >= 15 is 0 Å². The van der Waals surface area contributed by atoms with Gasteiger partial charge in [-0.2, -0.15) is 0 Å². The first-order valence-corrected chi connectivity index (χ1v) is 8.00. The maximum atomic E-state index is 12.0. The maximum absolute atomic E-state index is 12.0. The van der Waals surface area contributed by atoms with Gasteiger partial charge in [0.15, 0.2) is 0 Å². The lowest BCUT2D eigenvalue weighted by molar-refractivity contribution is -0.131. The zero-order valence-electron chi connectivity index (χ0n) is 10.8. The Morgan fingerprint density at radius 3 is 2.72 bits per heavy atom. The Labute approximate surface area is 121 Å². The van der Waals surface area contributed by atoms with Crippen LogP contribution in [0.25, 0.3) is 0 Å². The first-order chi connectivity index (χ1) is 8.67.